The zero-order chi connectivity index (χ0) is 18.1. The highest BCUT2D eigenvalue weighted by Crippen LogP contribution is 2.16. The normalized spacial score (nSPS) is 11.5. The van der Waals surface area contributed by atoms with Gasteiger partial charge in [-0.2, -0.15) is 0 Å². The molecule has 0 amide bonds. The maximum Gasteiger partial charge on any atom is 0.335 e. The van der Waals surface area contributed by atoms with Gasteiger partial charge in [0, 0.05) is 0 Å². The van der Waals surface area contributed by atoms with E-state index < -0.39 is 17.9 Å². The second-order valence-corrected chi connectivity index (χ2v) is 5.48. The van der Waals surface area contributed by atoms with Gasteiger partial charge in [-0.25, -0.2) is 4.79 Å². The van der Waals surface area contributed by atoms with Gasteiger partial charge in [0.05, 0.1) is 18.1 Å². The van der Waals surface area contributed by atoms with Crippen LogP contribution in [0.25, 0.3) is 0 Å². The van der Waals surface area contributed by atoms with Crippen LogP contribution in [0.15, 0.2) is 54.6 Å². The van der Waals surface area contributed by atoms with Crippen LogP contribution in [0.5, 0.6) is 11.5 Å². The number of carboxylic acid groups (broad SMARTS) is 2. The first-order chi connectivity index (χ1) is 12.1. The predicted molar refractivity (Wildman–Crippen MR) is 91.2 cm³/mol. The topological polar surface area (TPSA) is 93.1 Å². The van der Waals surface area contributed by atoms with Crippen LogP contribution in [-0.4, -0.2) is 35.4 Å². The molecule has 1 unspecified atom stereocenters. The van der Waals surface area contributed by atoms with E-state index in [1.807, 2.05) is 30.3 Å². The molecule has 0 saturated carbocycles. The first kappa shape index (κ1) is 18.3. The molecule has 0 aliphatic carbocycles. The lowest BCUT2D eigenvalue weighted by Crippen LogP contribution is -2.22. The molecule has 132 valence electrons. The Balaban J connectivity index is 1.76. The van der Waals surface area contributed by atoms with Crippen LogP contribution >= 0.6 is 0 Å². The number of hydrogen-bond donors (Lipinski definition) is 2. The fourth-order valence-electron chi connectivity index (χ4n) is 2.21. The van der Waals surface area contributed by atoms with Gasteiger partial charge >= 0.3 is 11.9 Å². The predicted octanol–water partition coefficient (Wildman–Crippen LogP) is 3.32. The molecule has 2 rings (SSSR count). The minimum absolute atomic E-state index is 0.0209. The van der Waals surface area contributed by atoms with Crippen LogP contribution in [0.4, 0.5) is 0 Å². The molecule has 2 aromatic carbocycles. The molecular weight excluding hydrogens is 324 g/mol. The maximum atomic E-state index is 11.3. The van der Waals surface area contributed by atoms with Gasteiger partial charge in [-0.15, -0.1) is 0 Å². The minimum Gasteiger partial charge on any atom is -0.494 e. The van der Waals surface area contributed by atoms with E-state index in [4.69, 9.17) is 14.6 Å². The monoisotopic (exact) mass is 344 g/mol. The summed E-state index contributed by atoms with van der Waals surface area (Å²) in [5, 5.41) is 18.1. The van der Waals surface area contributed by atoms with E-state index >= 15 is 0 Å². The number of hydrogen-bond acceptors (Lipinski definition) is 4. The molecule has 0 aliphatic heterocycles. The molecule has 0 saturated heterocycles. The fraction of sp³-hybridized carbons (Fsp3) is 0.263. The van der Waals surface area contributed by atoms with E-state index in [9.17, 15) is 14.7 Å². The molecule has 6 heteroatoms. The molecule has 6 nitrogen and oxygen atoms in total. The molecule has 1 atom stereocenters. The Morgan fingerprint density at radius 2 is 1.52 bits per heavy atom. The lowest BCUT2D eigenvalue weighted by atomic mass is 10.1. The van der Waals surface area contributed by atoms with Gasteiger partial charge in [0.1, 0.15) is 18.1 Å². The first-order valence-corrected chi connectivity index (χ1v) is 7.93. The smallest absolute Gasteiger partial charge is 0.335 e. The van der Waals surface area contributed by atoms with Crippen molar-refractivity contribution in [2.24, 2.45) is 5.92 Å². The van der Waals surface area contributed by atoms with Crippen LogP contribution in [0.2, 0.25) is 0 Å². The average molecular weight is 344 g/mol. The Morgan fingerprint density at radius 3 is 2.12 bits per heavy atom. The summed E-state index contributed by atoms with van der Waals surface area (Å²) in [6.07, 6.45) is 1.02. The molecule has 0 radical (unpaired) electrons. The molecule has 25 heavy (non-hydrogen) atoms. The van der Waals surface area contributed by atoms with Crippen molar-refractivity contribution in [3.05, 3.63) is 60.2 Å². The van der Waals surface area contributed by atoms with E-state index in [1.54, 1.807) is 0 Å². The van der Waals surface area contributed by atoms with Crippen LogP contribution in [0.3, 0.4) is 0 Å². The SMILES string of the molecule is O=C(O)c1ccc(OCC(CCCOc2ccccc2)C(=O)O)cc1. The van der Waals surface area contributed by atoms with Crippen molar-refractivity contribution in [2.75, 3.05) is 13.2 Å². The van der Waals surface area contributed by atoms with Gasteiger partial charge in [-0.1, -0.05) is 18.2 Å². The lowest BCUT2D eigenvalue weighted by molar-refractivity contribution is -0.143. The van der Waals surface area contributed by atoms with E-state index in [-0.39, 0.29) is 12.2 Å². The Labute approximate surface area is 145 Å². The van der Waals surface area contributed by atoms with Crippen molar-refractivity contribution in [3.63, 3.8) is 0 Å². The second-order valence-electron chi connectivity index (χ2n) is 5.48. The van der Waals surface area contributed by atoms with Gasteiger partial charge < -0.3 is 19.7 Å². The Morgan fingerprint density at radius 1 is 0.880 bits per heavy atom. The highest BCUT2D eigenvalue weighted by atomic mass is 16.5. The molecular formula is C19H20O6. The zero-order valence-corrected chi connectivity index (χ0v) is 13.6. The quantitative estimate of drug-likeness (QED) is 0.642. The van der Waals surface area contributed by atoms with Crippen molar-refractivity contribution < 1.29 is 29.3 Å². The summed E-state index contributed by atoms with van der Waals surface area (Å²) in [5.74, 6) is -1.41. The summed E-state index contributed by atoms with van der Waals surface area (Å²) < 4.78 is 11.0. The van der Waals surface area contributed by atoms with Crippen LogP contribution in [-0.2, 0) is 4.79 Å². The number of rotatable bonds is 10. The Kier molecular flexibility index (Phi) is 6.83. The van der Waals surface area contributed by atoms with Gasteiger partial charge in [-0.3, -0.25) is 4.79 Å². The zero-order valence-electron chi connectivity index (χ0n) is 13.6. The number of carboxylic acids is 2. The molecule has 2 N–H and O–H groups in total. The lowest BCUT2D eigenvalue weighted by Gasteiger charge is -2.14. The third-order valence-electron chi connectivity index (χ3n) is 3.61. The van der Waals surface area contributed by atoms with E-state index in [0.29, 0.717) is 25.2 Å². The van der Waals surface area contributed by atoms with Crippen LogP contribution in [0.1, 0.15) is 23.2 Å². The number of ether oxygens (including phenoxy) is 2. The third kappa shape index (κ3) is 6.18. The Bertz CT molecular complexity index is 681. The number of aliphatic carboxylic acids is 1. The van der Waals surface area contributed by atoms with Crippen LogP contribution < -0.4 is 9.47 Å². The molecule has 2 aromatic rings. The van der Waals surface area contributed by atoms with Gasteiger partial charge in [0.25, 0.3) is 0 Å². The van der Waals surface area contributed by atoms with Crippen molar-refractivity contribution in [1.82, 2.24) is 0 Å². The highest BCUT2D eigenvalue weighted by molar-refractivity contribution is 5.87. The fourth-order valence-corrected chi connectivity index (χ4v) is 2.21. The molecule has 0 spiro atoms. The summed E-state index contributed by atoms with van der Waals surface area (Å²) in [7, 11) is 0. The average Bonchev–Trinajstić information content (AvgIpc) is 2.62. The summed E-state index contributed by atoms with van der Waals surface area (Å²) in [6, 6.07) is 15.2. The molecule has 0 aromatic heterocycles. The summed E-state index contributed by atoms with van der Waals surface area (Å²) >= 11 is 0. The Hall–Kier alpha value is -3.02. The standard InChI is InChI=1S/C19H20O6/c20-18(21)14-8-10-17(11-9-14)25-13-15(19(22)23)5-4-12-24-16-6-2-1-3-7-16/h1-3,6-11,15H,4-5,12-13H2,(H,20,21)(H,22,23). The first-order valence-electron chi connectivity index (χ1n) is 7.93. The number of benzene rings is 2. The second kappa shape index (κ2) is 9.32. The van der Waals surface area contributed by atoms with Crippen molar-refractivity contribution in [2.45, 2.75) is 12.8 Å². The van der Waals surface area contributed by atoms with Crippen molar-refractivity contribution >= 4 is 11.9 Å². The van der Waals surface area contributed by atoms with Gasteiger partial charge in [-0.05, 0) is 49.2 Å². The van der Waals surface area contributed by atoms with Crippen molar-refractivity contribution in [1.29, 1.82) is 0 Å². The maximum absolute atomic E-state index is 11.3. The third-order valence-corrected chi connectivity index (χ3v) is 3.61. The van der Waals surface area contributed by atoms with Crippen molar-refractivity contribution in [3.8, 4) is 11.5 Å². The number of aromatic carboxylic acids is 1. The molecule has 0 bridgehead atoms. The van der Waals surface area contributed by atoms with E-state index in [2.05, 4.69) is 0 Å². The summed E-state index contributed by atoms with van der Waals surface area (Å²) in [6.45, 7) is 0.453. The number of para-hydroxylation sites is 1. The van der Waals surface area contributed by atoms with Gasteiger partial charge in [0.2, 0.25) is 0 Å². The van der Waals surface area contributed by atoms with E-state index in [1.165, 1.54) is 24.3 Å². The number of carbonyl (C=O) groups is 2. The van der Waals surface area contributed by atoms with E-state index in [0.717, 1.165) is 5.75 Å². The largest absolute Gasteiger partial charge is 0.494 e. The summed E-state index contributed by atoms with van der Waals surface area (Å²) in [4.78, 5) is 22.1. The molecule has 0 heterocycles. The molecule has 0 aliphatic rings. The highest BCUT2D eigenvalue weighted by Gasteiger charge is 2.18. The van der Waals surface area contributed by atoms with Gasteiger partial charge in [0.15, 0.2) is 0 Å². The molecule has 0 fully saturated rings. The summed E-state index contributed by atoms with van der Waals surface area (Å²) in [5.41, 5.74) is 0.153. The van der Waals surface area contributed by atoms with Crippen LogP contribution in [0, 0.1) is 5.92 Å². The minimum atomic E-state index is -1.02.